The molecule has 0 saturated heterocycles. The molecule has 0 spiro atoms. The van der Waals surface area contributed by atoms with Crippen molar-refractivity contribution in [1.29, 1.82) is 0 Å². The van der Waals surface area contributed by atoms with Gasteiger partial charge < -0.3 is 10.5 Å². The van der Waals surface area contributed by atoms with Gasteiger partial charge in [0.2, 0.25) is 10.0 Å². The SMILES string of the molecule is CC(C)OCCCCNS(=O)(=O)c1cc(N)c(F)cc1F. The topological polar surface area (TPSA) is 81.4 Å². The Labute approximate surface area is 123 Å². The lowest BCUT2D eigenvalue weighted by molar-refractivity contribution is 0.0762. The highest BCUT2D eigenvalue weighted by Crippen LogP contribution is 2.20. The van der Waals surface area contributed by atoms with E-state index in [1.54, 1.807) is 0 Å². The van der Waals surface area contributed by atoms with Crippen LogP contribution in [0.1, 0.15) is 26.7 Å². The van der Waals surface area contributed by atoms with Crippen LogP contribution < -0.4 is 10.5 Å². The summed E-state index contributed by atoms with van der Waals surface area (Å²) in [6, 6.07) is 1.23. The van der Waals surface area contributed by atoms with E-state index in [1.165, 1.54) is 0 Å². The summed E-state index contributed by atoms with van der Waals surface area (Å²) in [7, 11) is -4.05. The van der Waals surface area contributed by atoms with Crippen molar-refractivity contribution < 1.29 is 21.9 Å². The molecule has 0 aromatic heterocycles. The maximum atomic E-state index is 13.5. The first-order valence-corrected chi connectivity index (χ1v) is 8.08. The van der Waals surface area contributed by atoms with E-state index in [0.717, 1.165) is 6.07 Å². The van der Waals surface area contributed by atoms with E-state index >= 15 is 0 Å². The largest absolute Gasteiger partial charge is 0.396 e. The van der Waals surface area contributed by atoms with Crippen molar-refractivity contribution in [1.82, 2.24) is 4.72 Å². The van der Waals surface area contributed by atoms with Gasteiger partial charge in [0.15, 0.2) is 0 Å². The van der Waals surface area contributed by atoms with Crippen molar-refractivity contribution in [3.05, 3.63) is 23.8 Å². The van der Waals surface area contributed by atoms with E-state index in [0.29, 0.717) is 25.5 Å². The molecule has 1 aromatic rings. The maximum Gasteiger partial charge on any atom is 0.243 e. The van der Waals surface area contributed by atoms with Gasteiger partial charge in [-0.3, -0.25) is 0 Å². The van der Waals surface area contributed by atoms with Gasteiger partial charge in [-0.25, -0.2) is 21.9 Å². The summed E-state index contributed by atoms with van der Waals surface area (Å²) in [5.41, 5.74) is 4.84. The molecule has 0 amide bonds. The zero-order valence-corrected chi connectivity index (χ0v) is 12.8. The Morgan fingerprint density at radius 2 is 1.90 bits per heavy atom. The first kappa shape index (κ1) is 17.8. The third-order valence-electron chi connectivity index (χ3n) is 2.66. The predicted octanol–water partition coefficient (Wildman–Crippen LogP) is 2.03. The Kier molecular flexibility index (Phi) is 6.50. The molecule has 1 rings (SSSR count). The number of anilines is 1. The normalized spacial score (nSPS) is 12.0. The molecule has 0 aliphatic carbocycles. The monoisotopic (exact) mass is 322 g/mol. The summed E-state index contributed by atoms with van der Waals surface area (Å²) in [6.07, 6.45) is 1.34. The van der Waals surface area contributed by atoms with Crippen molar-refractivity contribution in [3.63, 3.8) is 0 Å². The van der Waals surface area contributed by atoms with Crippen molar-refractivity contribution >= 4 is 15.7 Å². The molecule has 3 N–H and O–H groups in total. The number of benzene rings is 1. The van der Waals surface area contributed by atoms with Crippen LogP contribution in [0.4, 0.5) is 14.5 Å². The van der Waals surface area contributed by atoms with E-state index in [-0.39, 0.29) is 12.6 Å². The molecule has 1 aromatic carbocycles. The molecule has 0 unspecified atom stereocenters. The number of nitrogen functional groups attached to an aromatic ring is 1. The highest BCUT2D eigenvalue weighted by molar-refractivity contribution is 7.89. The van der Waals surface area contributed by atoms with E-state index in [4.69, 9.17) is 10.5 Å². The molecule has 0 aliphatic rings. The van der Waals surface area contributed by atoms with Gasteiger partial charge in [-0.15, -0.1) is 0 Å². The number of halogens is 2. The van der Waals surface area contributed by atoms with Crippen LogP contribution in [0.25, 0.3) is 0 Å². The molecule has 0 bridgehead atoms. The summed E-state index contributed by atoms with van der Waals surface area (Å²) in [4.78, 5) is -0.653. The van der Waals surface area contributed by atoms with Crippen LogP contribution in [0.5, 0.6) is 0 Å². The van der Waals surface area contributed by atoms with Gasteiger partial charge in [-0.05, 0) is 32.8 Å². The number of nitrogens with two attached hydrogens (primary N) is 1. The Hall–Kier alpha value is -1.25. The molecule has 0 fully saturated rings. The third kappa shape index (κ3) is 5.56. The first-order chi connectivity index (χ1) is 9.74. The lowest BCUT2D eigenvalue weighted by Crippen LogP contribution is -2.26. The van der Waals surface area contributed by atoms with Crippen LogP contribution in [0.3, 0.4) is 0 Å². The number of hydrogen-bond donors (Lipinski definition) is 2. The van der Waals surface area contributed by atoms with Gasteiger partial charge in [0.05, 0.1) is 11.8 Å². The minimum atomic E-state index is -4.05. The zero-order chi connectivity index (χ0) is 16.0. The van der Waals surface area contributed by atoms with Crippen LogP contribution in [-0.2, 0) is 14.8 Å². The molecule has 5 nitrogen and oxygen atoms in total. The number of rotatable bonds is 8. The van der Waals surface area contributed by atoms with Crippen molar-refractivity contribution in [3.8, 4) is 0 Å². The average Bonchev–Trinajstić information content (AvgIpc) is 2.37. The Morgan fingerprint density at radius 3 is 2.52 bits per heavy atom. The number of nitrogens with one attached hydrogen (secondary N) is 1. The zero-order valence-electron chi connectivity index (χ0n) is 12.0. The Bertz CT molecular complexity index is 577. The number of unbranched alkanes of at least 4 members (excludes halogenated alkanes) is 1. The average molecular weight is 322 g/mol. The van der Waals surface area contributed by atoms with Crippen LogP contribution in [0.15, 0.2) is 17.0 Å². The van der Waals surface area contributed by atoms with Crippen LogP contribution in [0, 0.1) is 11.6 Å². The molecule has 21 heavy (non-hydrogen) atoms. The van der Waals surface area contributed by atoms with Crippen molar-refractivity contribution in [2.24, 2.45) is 0 Å². The fourth-order valence-corrected chi connectivity index (χ4v) is 2.75. The molecule has 0 saturated carbocycles. The Morgan fingerprint density at radius 1 is 1.24 bits per heavy atom. The number of ether oxygens (including phenoxy) is 1. The molecular weight excluding hydrogens is 302 g/mol. The summed E-state index contributed by atoms with van der Waals surface area (Å²) in [5, 5.41) is 0. The second-order valence-electron chi connectivity index (χ2n) is 4.83. The number of sulfonamides is 1. The van der Waals surface area contributed by atoms with Gasteiger partial charge in [-0.1, -0.05) is 0 Å². The van der Waals surface area contributed by atoms with E-state index in [9.17, 15) is 17.2 Å². The van der Waals surface area contributed by atoms with Crippen molar-refractivity contribution in [2.75, 3.05) is 18.9 Å². The Balaban J connectivity index is 2.56. The number of hydrogen-bond acceptors (Lipinski definition) is 4. The first-order valence-electron chi connectivity index (χ1n) is 6.60. The summed E-state index contributed by atoms with van der Waals surface area (Å²) in [6.45, 7) is 4.48. The molecule has 0 aliphatic heterocycles. The minimum absolute atomic E-state index is 0.123. The highest BCUT2D eigenvalue weighted by atomic mass is 32.2. The molecular formula is C13H20F2N2O3S. The smallest absolute Gasteiger partial charge is 0.243 e. The van der Waals surface area contributed by atoms with Gasteiger partial charge in [-0.2, -0.15) is 0 Å². The summed E-state index contributed by atoms with van der Waals surface area (Å²) >= 11 is 0. The lowest BCUT2D eigenvalue weighted by atomic mass is 10.3. The van der Waals surface area contributed by atoms with Crippen LogP contribution in [0.2, 0.25) is 0 Å². The fraction of sp³-hybridized carbons (Fsp3) is 0.538. The van der Waals surface area contributed by atoms with Gasteiger partial charge >= 0.3 is 0 Å². The van der Waals surface area contributed by atoms with Crippen LogP contribution >= 0.6 is 0 Å². The van der Waals surface area contributed by atoms with Gasteiger partial charge in [0.25, 0.3) is 0 Å². The molecule has 0 radical (unpaired) electrons. The quantitative estimate of drug-likeness (QED) is 0.567. The molecule has 0 heterocycles. The summed E-state index contributed by atoms with van der Waals surface area (Å²) < 4.78 is 57.9. The fourth-order valence-electron chi connectivity index (χ4n) is 1.58. The van der Waals surface area contributed by atoms with Gasteiger partial charge in [0, 0.05) is 19.2 Å². The van der Waals surface area contributed by atoms with Crippen LogP contribution in [-0.4, -0.2) is 27.7 Å². The molecule has 0 atom stereocenters. The third-order valence-corrected chi connectivity index (χ3v) is 4.13. The molecule has 120 valence electrons. The second kappa shape index (κ2) is 7.67. The second-order valence-corrected chi connectivity index (χ2v) is 6.56. The predicted molar refractivity (Wildman–Crippen MR) is 76.3 cm³/mol. The maximum absolute atomic E-state index is 13.5. The van der Waals surface area contributed by atoms with Crippen molar-refractivity contribution in [2.45, 2.75) is 37.7 Å². The van der Waals surface area contributed by atoms with E-state index in [1.807, 2.05) is 13.8 Å². The van der Waals surface area contributed by atoms with E-state index in [2.05, 4.69) is 4.72 Å². The van der Waals surface area contributed by atoms with Gasteiger partial charge in [0.1, 0.15) is 16.5 Å². The lowest BCUT2D eigenvalue weighted by Gasteiger charge is -2.10. The van der Waals surface area contributed by atoms with E-state index < -0.39 is 32.2 Å². The summed E-state index contributed by atoms with van der Waals surface area (Å²) in [5.74, 6) is -2.16. The highest BCUT2D eigenvalue weighted by Gasteiger charge is 2.20. The minimum Gasteiger partial charge on any atom is -0.396 e. The molecule has 8 heteroatoms. The standard InChI is InChI=1S/C13H20F2N2O3S/c1-9(2)20-6-4-3-5-17-21(18,19)13-8-12(16)10(14)7-11(13)15/h7-9,17H,3-6,16H2,1-2H3.